The lowest BCUT2D eigenvalue weighted by Gasteiger charge is -2.25. The molecule has 0 bridgehead atoms. The molecule has 160 valence electrons. The fraction of sp³-hybridized carbons (Fsp3) is 0.364. The molecule has 30 heavy (non-hydrogen) atoms. The molecule has 2 aromatic carbocycles. The number of nitrogens with zero attached hydrogens (tertiary/aromatic N) is 2. The highest BCUT2D eigenvalue weighted by Crippen LogP contribution is 2.28. The molecule has 0 radical (unpaired) electrons. The van der Waals surface area contributed by atoms with Gasteiger partial charge in [0, 0.05) is 10.7 Å². The SMILES string of the molecule is Cc1cc(Cl)ccc1N(CC(=O)NN=C1CCCCCC1)S(=O)(=O)c1ccccc1. The maximum atomic E-state index is 13.3. The van der Waals surface area contributed by atoms with Crippen molar-refractivity contribution < 1.29 is 13.2 Å². The van der Waals surface area contributed by atoms with E-state index in [2.05, 4.69) is 10.5 Å². The number of anilines is 1. The molecule has 0 unspecified atom stereocenters. The van der Waals surface area contributed by atoms with E-state index in [1.807, 2.05) is 0 Å². The summed E-state index contributed by atoms with van der Waals surface area (Å²) in [5.74, 6) is -0.486. The van der Waals surface area contributed by atoms with Crippen molar-refractivity contribution in [2.24, 2.45) is 5.10 Å². The number of hydrazone groups is 1. The minimum absolute atomic E-state index is 0.113. The van der Waals surface area contributed by atoms with Gasteiger partial charge in [0.05, 0.1) is 10.6 Å². The minimum atomic E-state index is -3.95. The van der Waals surface area contributed by atoms with Crippen LogP contribution in [-0.2, 0) is 14.8 Å². The van der Waals surface area contributed by atoms with E-state index in [0.29, 0.717) is 16.3 Å². The van der Waals surface area contributed by atoms with Gasteiger partial charge in [0.2, 0.25) is 0 Å². The van der Waals surface area contributed by atoms with Crippen molar-refractivity contribution in [3.05, 3.63) is 59.1 Å². The summed E-state index contributed by atoms with van der Waals surface area (Å²) >= 11 is 6.04. The number of sulfonamides is 1. The summed E-state index contributed by atoms with van der Waals surface area (Å²) in [6.45, 7) is 1.38. The van der Waals surface area contributed by atoms with Crippen molar-refractivity contribution in [3.8, 4) is 0 Å². The first-order chi connectivity index (χ1) is 14.4. The first-order valence-electron chi connectivity index (χ1n) is 10.1. The lowest BCUT2D eigenvalue weighted by Crippen LogP contribution is -2.40. The van der Waals surface area contributed by atoms with Gasteiger partial charge < -0.3 is 0 Å². The van der Waals surface area contributed by atoms with Crippen LogP contribution >= 0.6 is 11.6 Å². The molecule has 6 nitrogen and oxygen atoms in total. The number of hydrogen-bond donors (Lipinski definition) is 1. The molecule has 2 aromatic rings. The molecule has 0 heterocycles. The normalized spacial score (nSPS) is 14.7. The van der Waals surface area contributed by atoms with E-state index in [-0.39, 0.29) is 11.4 Å². The van der Waals surface area contributed by atoms with Crippen LogP contribution in [0.15, 0.2) is 58.5 Å². The molecule has 1 amide bonds. The highest BCUT2D eigenvalue weighted by Gasteiger charge is 2.28. The molecule has 0 aliphatic heterocycles. The Hall–Kier alpha value is -2.38. The maximum Gasteiger partial charge on any atom is 0.264 e. The Kier molecular flexibility index (Phi) is 7.50. The molecule has 1 fully saturated rings. The summed E-state index contributed by atoms with van der Waals surface area (Å²) in [7, 11) is -3.95. The van der Waals surface area contributed by atoms with Crippen molar-refractivity contribution in [2.75, 3.05) is 10.8 Å². The Labute approximate surface area is 183 Å². The van der Waals surface area contributed by atoms with Gasteiger partial charge in [-0.3, -0.25) is 9.10 Å². The molecule has 1 saturated carbocycles. The summed E-state index contributed by atoms with van der Waals surface area (Å²) in [4.78, 5) is 12.8. The molecule has 8 heteroatoms. The second-order valence-corrected chi connectivity index (χ2v) is 9.68. The van der Waals surface area contributed by atoms with Gasteiger partial charge in [0.15, 0.2) is 0 Å². The lowest BCUT2D eigenvalue weighted by atomic mass is 10.2. The van der Waals surface area contributed by atoms with Gasteiger partial charge in [-0.15, -0.1) is 0 Å². The summed E-state index contributed by atoms with van der Waals surface area (Å²) in [6.07, 6.45) is 6.20. The van der Waals surface area contributed by atoms with Gasteiger partial charge in [-0.25, -0.2) is 13.8 Å². The van der Waals surface area contributed by atoms with Crippen LogP contribution in [0.5, 0.6) is 0 Å². The van der Waals surface area contributed by atoms with Crippen molar-refractivity contribution in [1.82, 2.24) is 5.43 Å². The third kappa shape index (κ3) is 5.61. The van der Waals surface area contributed by atoms with Crippen LogP contribution in [0.4, 0.5) is 5.69 Å². The monoisotopic (exact) mass is 447 g/mol. The number of nitrogens with one attached hydrogen (secondary N) is 1. The minimum Gasteiger partial charge on any atom is -0.271 e. The van der Waals surface area contributed by atoms with E-state index in [9.17, 15) is 13.2 Å². The molecule has 0 aromatic heterocycles. The van der Waals surface area contributed by atoms with E-state index in [1.165, 1.54) is 25.0 Å². The molecule has 0 atom stereocenters. The Bertz CT molecular complexity index is 1010. The molecule has 1 aliphatic rings. The predicted octanol–water partition coefficient (Wildman–Crippen LogP) is 4.67. The summed E-state index contributed by atoms with van der Waals surface area (Å²) in [6, 6.07) is 13.0. The standard InChI is InChI=1S/C22H26ClN3O3S/c1-17-15-18(23)13-14-21(17)26(30(28,29)20-11-7-4-8-12-20)16-22(27)25-24-19-9-5-2-3-6-10-19/h4,7-8,11-15H,2-3,5-6,9-10,16H2,1H3,(H,25,27). The number of rotatable bonds is 6. The zero-order valence-electron chi connectivity index (χ0n) is 17.0. The van der Waals surface area contributed by atoms with Crippen molar-refractivity contribution in [3.63, 3.8) is 0 Å². The van der Waals surface area contributed by atoms with E-state index < -0.39 is 15.9 Å². The summed E-state index contributed by atoms with van der Waals surface area (Å²) < 4.78 is 27.8. The van der Waals surface area contributed by atoms with Crippen molar-refractivity contribution >= 4 is 38.9 Å². The fourth-order valence-corrected chi connectivity index (χ4v) is 5.21. The Morgan fingerprint density at radius 3 is 2.37 bits per heavy atom. The lowest BCUT2D eigenvalue weighted by molar-refractivity contribution is -0.119. The summed E-state index contributed by atoms with van der Waals surface area (Å²) in [5.41, 5.74) is 4.57. The Morgan fingerprint density at radius 1 is 1.07 bits per heavy atom. The van der Waals surface area contributed by atoms with Crippen molar-refractivity contribution in [1.29, 1.82) is 0 Å². The number of hydrogen-bond acceptors (Lipinski definition) is 4. The highest BCUT2D eigenvalue weighted by atomic mass is 35.5. The molecular weight excluding hydrogens is 422 g/mol. The van der Waals surface area contributed by atoms with E-state index in [1.54, 1.807) is 43.3 Å². The Morgan fingerprint density at radius 2 is 1.73 bits per heavy atom. The third-order valence-corrected chi connectivity index (χ3v) is 7.07. The van der Waals surface area contributed by atoms with E-state index >= 15 is 0 Å². The van der Waals surface area contributed by atoms with Gasteiger partial charge in [-0.05, 0) is 68.5 Å². The van der Waals surface area contributed by atoms with Crippen LogP contribution in [0, 0.1) is 6.92 Å². The molecular formula is C22H26ClN3O3S. The fourth-order valence-electron chi connectivity index (χ4n) is 3.47. The zero-order chi connectivity index (χ0) is 21.6. The molecule has 3 rings (SSSR count). The number of benzene rings is 2. The third-order valence-electron chi connectivity index (χ3n) is 5.07. The first-order valence-corrected chi connectivity index (χ1v) is 11.9. The van der Waals surface area contributed by atoms with Crippen LogP contribution < -0.4 is 9.73 Å². The van der Waals surface area contributed by atoms with Crippen LogP contribution in [0.25, 0.3) is 0 Å². The number of amides is 1. The van der Waals surface area contributed by atoms with Crippen LogP contribution in [0.3, 0.4) is 0 Å². The van der Waals surface area contributed by atoms with Crippen LogP contribution in [0.2, 0.25) is 5.02 Å². The van der Waals surface area contributed by atoms with Gasteiger partial charge in [0.1, 0.15) is 6.54 Å². The zero-order valence-corrected chi connectivity index (χ0v) is 18.5. The smallest absolute Gasteiger partial charge is 0.264 e. The number of halogens is 1. The topological polar surface area (TPSA) is 78.8 Å². The van der Waals surface area contributed by atoms with E-state index in [0.717, 1.165) is 35.7 Å². The number of aryl methyl sites for hydroxylation is 1. The van der Waals surface area contributed by atoms with E-state index in [4.69, 9.17) is 11.6 Å². The van der Waals surface area contributed by atoms with Crippen molar-refractivity contribution in [2.45, 2.75) is 50.3 Å². The predicted molar refractivity (Wildman–Crippen MR) is 120 cm³/mol. The number of carbonyl (C=O) groups excluding carboxylic acids is 1. The second-order valence-electron chi connectivity index (χ2n) is 7.38. The highest BCUT2D eigenvalue weighted by molar-refractivity contribution is 7.92. The van der Waals surface area contributed by atoms with Gasteiger partial charge in [-0.1, -0.05) is 42.6 Å². The number of carbonyl (C=O) groups is 1. The maximum absolute atomic E-state index is 13.3. The quantitative estimate of drug-likeness (QED) is 0.516. The van der Waals surface area contributed by atoms with Gasteiger partial charge in [0.25, 0.3) is 15.9 Å². The van der Waals surface area contributed by atoms with Crippen LogP contribution in [-0.4, -0.2) is 26.6 Å². The second kappa shape index (κ2) is 10.1. The van der Waals surface area contributed by atoms with Crippen LogP contribution in [0.1, 0.15) is 44.1 Å². The molecule has 0 spiro atoms. The van der Waals surface area contributed by atoms with Gasteiger partial charge >= 0.3 is 0 Å². The van der Waals surface area contributed by atoms with Gasteiger partial charge in [-0.2, -0.15) is 5.10 Å². The molecule has 1 N–H and O–H groups in total. The molecule has 0 saturated heterocycles. The Balaban J connectivity index is 1.88. The summed E-state index contributed by atoms with van der Waals surface area (Å²) in [5, 5.41) is 4.75. The first kappa shape index (κ1) is 22.3. The largest absolute Gasteiger partial charge is 0.271 e. The molecule has 1 aliphatic carbocycles. The average molecular weight is 448 g/mol. The average Bonchev–Trinajstić information content (AvgIpc) is 3.00.